The second kappa shape index (κ2) is 14.8. The monoisotopic (exact) mass is 630 g/mol. The Labute approximate surface area is 258 Å². The van der Waals surface area contributed by atoms with E-state index in [1.54, 1.807) is 70.2 Å². The molecule has 3 N–H and O–H groups in total. The summed E-state index contributed by atoms with van der Waals surface area (Å²) in [4.78, 5) is 25.5. The predicted molar refractivity (Wildman–Crippen MR) is 166 cm³/mol. The van der Waals surface area contributed by atoms with Crippen molar-refractivity contribution >= 4 is 39.1 Å². The molecular weight excluding hydrogens is 592 g/mol. The van der Waals surface area contributed by atoms with E-state index >= 15 is 0 Å². The highest BCUT2D eigenvalue weighted by molar-refractivity contribution is 7.91. The summed E-state index contributed by atoms with van der Waals surface area (Å²) < 4.78 is 37.4. The number of rotatable bonds is 13. The molecule has 3 aromatic carbocycles. The molecule has 232 valence electrons. The van der Waals surface area contributed by atoms with Gasteiger partial charge in [-0.05, 0) is 94.6 Å². The Morgan fingerprint density at radius 1 is 0.977 bits per heavy atom. The number of carbonyl (C=O) groups is 2. The van der Waals surface area contributed by atoms with Crippen LogP contribution in [0.3, 0.4) is 0 Å². The number of carbonyl (C=O) groups excluding carboxylic acids is 2. The molecule has 0 spiro atoms. The van der Waals surface area contributed by atoms with Crippen LogP contribution in [0.15, 0.2) is 76.5 Å². The summed E-state index contributed by atoms with van der Waals surface area (Å²) in [5.74, 6) is -1.22. The van der Waals surface area contributed by atoms with Crippen molar-refractivity contribution in [2.45, 2.75) is 68.6 Å². The molecule has 43 heavy (non-hydrogen) atoms. The number of aliphatic hydroxyl groups excluding tert-OH is 1. The van der Waals surface area contributed by atoms with Crippen LogP contribution in [-0.4, -0.2) is 56.8 Å². The second-order valence-corrected chi connectivity index (χ2v) is 13.2. The minimum atomic E-state index is -3.92. The first kappa shape index (κ1) is 34.1. The van der Waals surface area contributed by atoms with E-state index in [-0.39, 0.29) is 22.0 Å². The fourth-order valence-electron chi connectivity index (χ4n) is 4.33. The van der Waals surface area contributed by atoms with E-state index in [2.05, 4.69) is 10.6 Å². The Hall–Kier alpha value is -3.44. The van der Waals surface area contributed by atoms with Gasteiger partial charge in [0.05, 0.1) is 22.0 Å². The normalized spacial score (nSPS) is 13.2. The lowest BCUT2D eigenvalue weighted by Crippen LogP contribution is -2.46. The molecule has 2 atom stereocenters. The molecule has 3 rings (SSSR count). The molecular formula is C32H39ClN2O7S. The number of aliphatic hydroxyl groups is 1. The number of esters is 2. The third-order valence-electron chi connectivity index (χ3n) is 6.34. The van der Waals surface area contributed by atoms with E-state index < -0.39 is 39.5 Å². The summed E-state index contributed by atoms with van der Waals surface area (Å²) in [6.45, 7) is 9.80. The Morgan fingerprint density at radius 2 is 1.65 bits per heavy atom. The molecule has 0 fully saturated rings. The maximum atomic E-state index is 13.4. The second-order valence-electron chi connectivity index (χ2n) is 10.8. The average Bonchev–Trinajstić information content (AvgIpc) is 2.94. The molecule has 0 bridgehead atoms. The summed E-state index contributed by atoms with van der Waals surface area (Å²) in [5.41, 5.74) is 1.16. The fourth-order valence-corrected chi connectivity index (χ4v) is 5.81. The number of nitrogens with one attached hydrogen (secondary N) is 2. The highest BCUT2D eigenvalue weighted by Crippen LogP contribution is 2.27. The number of benzene rings is 3. The van der Waals surface area contributed by atoms with Gasteiger partial charge in [-0.25, -0.2) is 13.2 Å². The zero-order chi connectivity index (χ0) is 31.8. The SMILES string of the molecule is CCNc1ccc(S(=O)(=O)c2ccc(CCNC(C(=O)OC(C)(C)C)[C@H](O)c3cccc(Cl)c3)cc2)cc1C(=O)OCC. The topological polar surface area (TPSA) is 131 Å². The lowest BCUT2D eigenvalue weighted by atomic mass is 10.0. The molecule has 0 amide bonds. The van der Waals surface area contributed by atoms with Crippen molar-refractivity contribution in [3.8, 4) is 0 Å². The van der Waals surface area contributed by atoms with Gasteiger partial charge >= 0.3 is 11.9 Å². The van der Waals surface area contributed by atoms with Gasteiger partial charge in [-0.3, -0.25) is 4.79 Å². The lowest BCUT2D eigenvalue weighted by Gasteiger charge is -2.27. The van der Waals surface area contributed by atoms with Gasteiger partial charge in [0.1, 0.15) is 17.7 Å². The molecule has 0 radical (unpaired) electrons. The third-order valence-corrected chi connectivity index (χ3v) is 8.34. The highest BCUT2D eigenvalue weighted by atomic mass is 35.5. The van der Waals surface area contributed by atoms with E-state index in [1.807, 2.05) is 6.92 Å². The van der Waals surface area contributed by atoms with Crippen LogP contribution in [0.1, 0.15) is 62.2 Å². The molecule has 11 heteroatoms. The van der Waals surface area contributed by atoms with Gasteiger partial charge < -0.3 is 25.2 Å². The van der Waals surface area contributed by atoms with Gasteiger partial charge in [0.2, 0.25) is 9.84 Å². The highest BCUT2D eigenvalue weighted by Gasteiger charge is 2.32. The Bertz CT molecular complexity index is 1520. The minimum Gasteiger partial charge on any atom is -0.462 e. The first-order chi connectivity index (χ1) is 20.3. The molecule has 0 saturated carbocycles. The van der Waals surface area contributed by atoms with Crippen molar-refractivity contribution in [3.05, 3.63) is 88.4 Å². The number of anilines is 1. The van der Waals surface area contributed by atoms with Crippen LogP contribution in [-0.2, 0) is 30.5 Å². The fraction of sp³-hybridized carbons (Fsp3) is 0.375. The zero-order valence-corrected chi connectivity index (χ0v) is 26.6. The van der Waals surface area contributed by atoms with Crippen LogP contribution < -0.4 is 10.6 Å². The van der Waals surface area contributed by atoms with Crippen molar-refractivity contribution in [3.63, 3.8) is 0 Å². The maximum absolute atomic E-state index is 13.4. The van der Waals surface area contributed by atoms with Crippen molar-refractivity contribution in [2.24, 2.45) is 0 Å². The molecule has 3 aromatic rings. The van der Waals surface area contributed by atoms with Gasteiger partial charge in [0, 0.05) is 23.8 Å². The van der Waals surface area contributed by atoms with Gasteiger partial charge in [-0.15, -0.1) is 0 Å². The Morgan fingerprint density at radius 3 is 2.26 bits per heavy atom. The smallest absolute Gasteiger partial charge is 0.340 e. The molecule has 0 saturated heterocycles. The molecule has 0 aliphatic carbocycles. The molecule has 0 heterocycles. The summed E-state index contributed by atoms with van der Waals surface area (Å²) in [7, 11) is -3.92. The van der Waals surface area contributed by atoms with Crippen LogP contribution in [0.4, 0.5) is 5.69 Å². The van der Waals surface area contributed by atoms with E-state index in [9.17, 15) is 23.1 Å². The largest absolute Gasteiger partial charge is 0.462 e. The molecule has 9 nitrogen and oxygen atoms in total. The van der Waals surface area contributed by atoms with Crippen molar-refractivity contribution in [1.29, 1.82) is 0 Å². The van der Waals surface area contributed by atoms with Crippen LogP contribution in [0.2, 0.25) is 5.02 Å². The average molecular weight is 631 g/mol. The Kier molecular flexibility index (Phi) is 11.7. The maximum Gasteiger partial charge on any atom is 0.340 e. The molecule has 0 aliphatic rings. The quantitative estimate of drug-likeness (QED) is 0.214. The summed E-state index contributed by atoms with van der Waals surface area (Å²) in [6.07, 6.45) is -0.772. The van der Waals surface area contributed by atoms with Crippen molar-refractivity contribution < 1.29 is 32.6 Å². The number of hydrogen-bond donors (Lipinski definition) is 3. The van der Waals surface area contributed by atoms with Gasteiger partial charge in [-0.1, -0.05) is 35.9 Å². The van der Waals surface area contributed by atoms with Crippen LogP contribution in [0, 0.1) is 0 Å². The molecule has 1 unspecified atom stereocenters. The number of sulfone groups is 1. The predicted octanol–water partition coefficient (Wildman–Crippen LogP) is 5.36. The van der Waals surface area contributed by atoms with Crippen LogP contribution in [0.5, 0.6) is 0 Å². The van der Waals surface area contributed by atoms with Crippen molar-refractivity contribution in [2.75, 3.05) is 25.0 Å². The summed E-state index contributed by atoms with van der Waals surface area (Å²) in [5, 5.41) is 17.6. The lowest BCUT2D eigenvalue weighted by molar-refractivity contribution is -0.160. The summed E-state index contributed by atoms with van der Waals surface area (Å²) >= 11 is 6.09. The first-order valence-corrected chi connectivity index (χ1v) is 15.9. The van der Waals surface area contributed by atoms with Crippen LogP contribution >= 0.6 is 11.6 Å². The first-order valence-electron chi connectivity index (χ1n) is 14.1. The molecule has 0 aromatic heterocycles. The summed E-state index contributed by atoms with van der Waals surface area (Å²) in [6, 6.07) is 16.3. The van der Waals surface area contributed by atoms with E-state index in [0.29, 0.717) is 35.8 Å². The van der Waals surface area contributed by atoms with Gasteiger partial charge in [0.15, 0.2) is 0 Å². The zero-order valence-electron chi connectivity index (χ0n) is 25.0. The standard InChI is InChI=1S/C32H39ClN2O7S/c1-6-34-27-16-15-25(20-26(27)30(37)41-7-2)43(39,40)24-13-11-21(12-14-24)17-18-35-28(31(38)42-32(3,4)5)29(36)22-9-8-10-23(33)19-22/h8-16,19-20,28-29,34-36H,6-7,17-18H2,1-5H3/t28?,29-/m1/s1. The minimum absolute atomic E-state index is 0.0261. The van der Waals surface area contributed by atoms with Gasteiger partial charge in [-0.2, -0.15) is 0 Å². The van der Waals surface area contributed by atoms with Crippen LogP contribution in [0.25, 0.3) is 0 Å². The third kappa shape index (κ3) is 9.27. The molecule has 0 aliphatic heterocycles. The Balaban J connectivity index is 1.76. The number of ether oxygens (including phenoxy) is 2. The van der Waals surface area contributed by atoms with E-state index in [0.717, 1.165) is 5.56 Å². The van der Waals surface area contributed by atoms with E-state index in [1.165, 1.54) is 24.3 Å². The van der Waals surface area contributed by atoms with Gasteiger partial charge in [0.25, 0.3) is 0 Å². The van der Waals surface area contributed by atoms with E-state index in [4.69, 9.17) is 21.1 Å². The van der Waals surface area contributed by atoms with Crippen molar-refractivity contribution in [1.82, 2.24) is 5.32 Å². The number of halogens is 1. The number of hydrogen-bond acceptors (Lipinski definition) is 9.